The number of ether oxygens (including phenoxy) is 1. The molecule has 2 aromatic heterocycles. The van der Waals surface area contributed by atoms with Crippen LogP contribution < -0.4 is 10.1 Å². The van der Waals surface area contributed by atoms with Crippen molar-refractivity contribution in [2.24, 2.45) is 5.92 Å². The number of nitrogens with one attached hydrogen (secondary N) is 1. The molecule has 0 unspecified atom stereocenters. The van der Waals surface area contributed by atoms with Gasteiger partial charge in [0.05, 0.1) is 11.9 Å². The van der Waals surface area contributed by atoms with Crippen LogP contribution in [0.1, 0.15) is 32.3 Å². The summed E-state index contributed by atoms with van der Waals surface area (Å²) in [5.41, 5.74) is 1.01. The van der Waals surface area contributed by atoms with Gasteiger partial charge in [0.15, 0.2) is 5.82 Å². The molecular weight excluding hydrogens is 266 g/mol. The summed E-state index contributed by atoms with van der Waals surface area (Å²) >= 11 is 0. The molecule has 0 bridgehead atoms. The zero-order chi connectivity index (χ0) is 15.1. The molecule has 0 radical (unpaired) electrons. The van der Waals surface area contributed by atoms with Crippen molar-refractivity contribution in [3.8, 4) is 5.75 Å². The van der Waals surface area contributed by atoms with Crippen molar-refractivity contribution in [1.29, 1.82) is 0 Å². The Hall–Kier alpha value is -1.95. The Morgan fingerprint density at radius 3 is 2.81 bits per heavy atom. The third-order valence-corrected chi connectivity index (χ3v) is 3.02. The van der Waals surface area contributed by atoms with E-state index in [4.69, 9.17) is 4.74 Å². The predicted molar refractivity (Wildman–Crippen MR) is 80.8 cm³/mol. The van der Waals surface area contributed by atoms with Crippen molar-refractivity contribution in [1.82, 2.24) is 25.1 Å². The Bertz CT molecular complexity index is 535. The fraction of sp³-hybridized carbons (Fsp3) is 0.533. The van der Waals surface area contributed by atoms with Gasteiger partial charge in [-0.1, -0.05) is 13.8 Å². The third kappa shape index (κ3) is 4.82. The molecule has 0 atom stereocenters. The van der Waals surface area contributed by atoms with E-state index in [0.717, 1.165) is 36.9 Å². The molecule has 0 saturated heterocycles. The molecule has 0 amide bonds. The maximum atomic E-state index is 5.68. The van der Waals surface area contributed by atoms with Crippen LogP contribution in [0, 0.1) is 5.92 Å². The third-order valence-electron chi connectivity index (χ3n) is 3.02. The summed E-state index contributed by atoms with van der Waals surface area (Å²) in [6.45, 7) is 9.37. The van der Waals surface area contributed by atoms with E-state index in [1.807, 2.05) is 23.7 Å². The van der Waals surface area contributed by atoms with E-state index in [2.05, 4.69) is 34.2 Å². The van der Waals surface area contributed by atoms with Crippen LogP contribution in [0.4, 0.5) is 0 Å². The van der Waals surface area contributed by atoms with E-state index in [0.29, 0.717) is 12.5 Å². The highest BCUT2D eigenvalue weighted by atomic mass is 16.5. The first-order chi connectivity index (χ1) is 10.2. The van der Waals surface area contributed by atoms with Crippen LogP contribution in [0.3, 0.4) is 0 Å². The topological polar surface area (TPSA) is 64.9 Å². The van der Waals surface area contributed by atoms with Crippen LogP contribution in [0.5, 0.6) is 5.75 Å². The molecular formula is C15H23N5O. The lowest BCUT2D eigenvalue weighted by Gasteiger charge is -2.08. The summed E-state index contributed by atoms with van der Waals surface area (Å²) in [7, 11) is 0. The van der Waals surface area contributed by atoms with E-state index in [1.54, 1.807) is 12.5 Å². The number of rotatable bonds is 8. The zero-order valence-corrected chi connectivity index (χ0v) is 12.9. The maximum absolute atomic E-state index is 5.68. The maximum Gasteiger partial charge on any atom is 0.164 e. The van der Waals surface area contributed by atoms with Crippen LogP contribution in [-0.2, 0) is 19.7 Å². The Balaban J connectivity index is 1.82. The zero-order valence-electron chi connectivity index (χ0n) is 12.9. The summed E-state index contributed by atoms with van der Waals surface area (Å²) in [5, 5.41) is 7.48. The van der Waals surface area contributed by atoms with Crippen LogP contribution in [0.2, 0.25) is 0 Å². The quantitative estimate of drug-likeness (QED) is 0.805. The van der Waals surface area contributed by atoms with Gasteiger partial charge in [0.2, 0.25) is 0 Å². The van der Waals surface area contributed by atoms with Gasteiger partial charge in [0.1, 0.15) is 18.7 Å². The molecule has 0 saturated carbocycles. The number of pyridine rings is 1. The van der Waals surface area contributed by atoms with Gasteiger partial charge in [-0.15, -0.1) is 0 Å². The second-order valence-corrected chi connectivity index (χ2v) is 5.29. The monoisotopic (exact) mass is 289 g/mol. The molecule has 21 heavy (non-hydrogen) atoms. The van der Waals surface area contributed by atoms with E-state index >= 15 is 0 Å². The van der Waals surface area contributed by atoms with Crippen LogP contribution in [0.25, 0.3) is 0 Å². The van der Waals surface area contributed by atoms with Crippen LogP contribution in [0.15, 0.2) is 24.7 Å². The molecule has 2 rings (SSSR count). The standard InChI is InChI=1S/C15H23N5O/c1-4-20-15(18-11-19-20)10-21-14-6-5-13(17-9-14)8-16-7-12(2)3/h5-6,9,11-12,16H,4,7-8,10H2,1-3H3. The van der Waals surface area contributed by atoms with Gasteiger partial charge >= 0.3 is 0 Å². The number of nitrogens with zero attached hydrogens (tertiary/aromatic N) is 4. The van der Waals surface area contributed by atoms with Gasteiger partial charge in [-0.25, -0.2) is 9.67 Å². The highest BCUT2D eigenvalue weighted by Crippen LogP contribution is 2.11. The predicted octanol–water partition coefficient (Wildman–Crippen LogP) is 2.02. The van der Waals surface area contributed by atoms with Crippen LogP contribution in [-0.4, -0.2) is 26.3 Å². The Morgan fingerprint density at radius 1 is 1.29 bits per heavy atom. The molecule has 0 spiro atoms. The van der Waals surface area contributed by atoms with Crippen molar-refractivity contribution in [3.05, 3.63) is 36.2 Å². The first kappa shape index (κ1) is 15.4. The molecule has 0 aliphatic carbocycles. The van der Waals surface area contributed by atoms with E-state index in [1.165, 1.54) is 0 Å². The van der Waals surface area contributed by atoms with Crippen molar-refractivity contribution in [2.75, 3.05) is 6.54 Å². The molecule has 114 valence electrons. The summed E-state index contributed by atoms with van der Waals surface area (Å²) in [6, 6.07) is 3.92. The van der Waals surface area contributed by atoms with E-state index in [9.17, 15) is 0 Å². The van der Waals surface area contributed by atoms with E-state index in [-0.39, 0.29) is 0 Å². The lowest BCUT2D eigenvalue weighted by atomic mass is 10.2. The van der Waals surface area contributed by atoms with Gasteiger partial charge in [-0.05, 0) is 31.5 Å². The first-order valence-electron chi connectivity index (χ1n) is 7.34. The Morgan fingerprint density at radius 2 is 2.14 bits per heavy atom. The number of aryl methyl sites for hydroxylation is 1. The molecule has 6 heteroatoms. The molecule has 0 aromatic carbocycles. The number of hydrogen-bond donors (Lipinski definition) is 1. The van der Waals surface area contributed by atoms with Crippen molar-refractivity contribution in [2.45, 2.75) is 40.5 Å². The molecule has 6 nitrogen and oxygen atoms in total. The molecule has 0 fully saturated rings. The van der Waals surface area contributed by atoms with Crippen molar-refractivity contribution in [3.63, 3.8) is 0 Å². The van der Waals surface area contributed by atoms with Gasteiger partial charge in [0.25, 0.3) is 0 Å². The highest BCUT2D eigenvalue weighted by molar-refractivity contribution is 5.19. The molecule has 1 N–H and O–H groups in total. The Labute approximate surface area is 125 Å². The minimum Gasteiger partial charge on any atom is -0.484 e. The van der Waals surface area contributed by atoms with Crippen molar-refractivity contribution < 1.29 is 4.74 Å². The Kier molecular flexibility index (Phi) is 5.68. The lowest BCUT2D eigenvalue weighted by Crippen LogP contribution is -2.19. The SMILES string of the molecule is CCn1ncnc1COc1ccc(CNCC(C)C)nc1. The molecule has 0 aliphatic heterocycles. The van der Waals surface area contributed by atoms with Gasteiger partial charge in [0, 0.05) is 13.1 Å². The lowest BCUT2D eigenvalue weighted by molar-refractivity contribution is 0.286. The minimum atomic E-state index is 0.403. The second-order valence-electron chi connectivity index (χ2n) is 5.29. The normalized spacial score (nSPS) is 11.0. The first-order valence-corrected chi connectivity index (χ1v) is 7.34. The van der Waals surface area contributed by atoms with Crippen molar-refractivity contribution >= 4 is 0 Å². The average Bonchev–Trinajstić information content (AvgIpc) is 2.93. The number of aromatic nitrogens is 4. The molecule has 2 heterocycles. The molecule has 2 aromatic rings. The summed E-state index contributed by atoms with van der Waals surface area (Å²) in [4.78, 5) is 8.56. The van der Waals surface area contributed by atoms with Gasteiger partial charge in [-0.3, -0.25) is 4.98 Å². The fourth-order valence-electron chi connectivity index (χ4n) is 1.90. The smallest absolute Gasteiger partial charge is 0.164 e. The summed E-state index contributed by atoms with van der Waals surface area (Å²) < 4.78 is 7.50. The summed E-state index contributed by atoms with van der Waals surface area (Å²) in [6.07, 6.45) is 3.29. The fourth-order valence-corrected chi connectivity index (χ4v) is 1.90. The van der Waals surface area contributed by atoms with Crippen LogP contribution >= 0.6 is 0 Å². The largest absolute Gasteiger partial charge is 0.484 e. The highest BCUT2D eigenvalue weighted by Gasteiger charge is 2.04. The average molecular weight is 289 g/mol. The van der Waals surface area contributed by atoms with E-state index < -0.39 is 0 Å². The minimum absolute atomic E-state index is 0.403. The van der Waals surface area contributed by atoms with Gasteiger partial charge in [-0.2, -0.15) is 5.10 Å². The second kappa shape index (κ2) is 7.73. The number of hydrogen-bond acceptors (Lipinski definition) is 5. The van der Waals surface area contributed by atoms with Gasteiger partial charge < -0.3 is 10.1 Å². The molecule has 0 aliphatic rings. The summed E-state index contributed by atoms with van der Waals surface area (Å²) in [5.74, 6) is 2.21.